The first-order valence-corrected chi connectivity index (χ1v) is 4.70. The molecule has 0 spiro atoms. The van der Waals surface area contributed by atoms with E-state index in [9.17, 15) is 4.79 Å². The van der Waals surface area contributed by atoms with E-state index in [0.717, 1.165) is 17.8 Å². The van der Waals surface area contributed by atoms with Gasteiger partial charge in [0.15, 0.2) is 0 Å². The second kappa shape index (κ2) is 5.71. The molecule has 0 atom stereocenters. The summed E-state index contributed by atoms with van der Waals surface area (Å²) in [6.45, 7) is 5.99. The molecule has 1 aromatic rings. The molecule has 84 valence electrons. The number of carbonyl (C=O) groups is 1. The molecule has 1 N–H and O–H groups in total. The third-order valence-electron chi connectivity index (χ3n) is 1.87. The van der Waals surface area contributed by atoms with Gasteiger partial charge in [0.05, 0.1) is 5.56 Å². The Balaban J connectivity index is 0.00000196. The number of hydrogen-bond donors (Lipinski definition) is 1. The highest BCUT2D eigenvalue weighted by molar-refractivity contribution is 5.87. The maximum Gasteiger partial charge on any atom is 0.335 e. The second-order valence-electron chi connectivity index (χ2n) is 3.89. The van der Waals surface area contributed by atoms with E-state index in [-0.39, 0.29) is 12.4 Å². The van der Waals surface area contributed by atoms with Gasteiger partial charge < -0.3 is 5.11 Å². The molecule has 1 rings (SSSR count). The molecule has 3 nitrogen and oxygen atoms in total. The molecule has 0 saturated carbocycles. The van der Waals surface area contributed by atoms with E-state index in [2.05, 4.69) is 18.8 Å². The Morgan fingerprint density at radius 3 is 2.53 bits per heavy atom. The van der Waals surface area contributed by atoms with Gasteiger partial charge in [-0.05, 0) is 31.4 Å². The van der Waals surface area contributed by atoms with Crippen molar-refractivity contribution in [2.75, 3.05) is 0 Å². The van der Waals surface area contributed by atoms with Gasteiger partial charge in [-0.1, -0.05) is 13.8 Å². The third kappa shape index (κ3) is 4.30. The van der Waals surface area contributed by atoms with Gasteiger partial charge >= 0.3 is 5.97 Å². The van der Waals surface area contributed by atoms with E-state index >= 15 is 0 Å². The molecule has 0 fully saturated rings. The third-order valence-corrected chi connectivity index (χ3v) is 1.87. The lowest BCUT2D eigenvalue weighted by atomic mass is 10.1. The van der Waals surface area contributed by atoms with Crippen molar-refractivity contribution in [3.05, 3.63) is 29.1 Å². The van der Waals surface area contributed by atoms with E-state index in [1.54, 1.807) is 12.1 Å². The van der Waals surface area contributed by atoms with Crippen molar-refractivity contribution in [1.29, 1.82) is 0 Å². The lowest BCUT2D eigenvalue weighted by Crippen LogP contribution is -2.04. The van der Waals surface area contributed by atoms with Gasteiger partial charge in [-0.2, -0.15) is 0 Å². The molecule has 0 aliphatic carbocycles. The maximum atomic E-state index is 10.8. The number of aromatic nitrogens is 1. The summed E-state index contributed by atoms with van der Waals surface area (Å²) in [5.41, 5.74) is 1.95. The number of halogens is 1. The second-order valence-corrected chi connectivity index (χ2v) is 3.89. The fourth-order valence-electron chi connectivity index (χ4n) is 1.38. The molecule has 0 saturated heterocycles. The molecular weight excluding hydrogens is 214 g/mol. The molecule has 0 aliphatic rings. The molecule has 1 aromatic heterocycles. The van der Waals surface area contributed by atoms with Crippen LogP contribution in [0.2, 0.25) is 0 Å². The number of carboxylic acid groups (broad SMARTS) is 1. The van der Waals surface area contributed by atoms with Gasteiger partial charge in [0.25, 0.3) is 0 Å². The highest BCUT2D eigenvalue weighted by Gasteiger charge is 2.07. The van der Waals surface area contributed by atoms with Gasteiger partial charge in [-0.15, -0.1) is 12.4 Å². The molecule has 0 aliphatic heterocycles. The van der Waals surface area contributed by atoms with Crippen molar-refractivity contribution in [3.63, 3.8) is 0 Å². The van der Waals surface area contributed by atoms with Crippen LogP contribution in [0.3, 0.4) is 0 Å². The van der Waals surface area contributed by atoms with Crippen LogP contribution < -0.4 is 0 Å². The SMILES string of the molecule is Cc1cc(C(=O)O)cc(CC(C)C)n1.Cl. The van der Waals surface area contributed by atoms with Gasteiger partial charge in [0.2, 0.25) is 0 Å². The Morgan fingerprint density at radius 2 is 2.07 bits per heavy atom. The number of hydrogen-bond acceptors (Lipinski definition) is 2. The van der Waals surface area contributed by atoms with E-state index in [0.29, 0.717) is 11.5 Å². The standard InChI is InChI=1S/C11H15NO2.ClH/c1-7(2)4-10-6-9(11(13)14)5-8(3)12-10;/h5-7H,4H2,1-3H3,(H,13,14);1H. The number of rotatable bonds is 3. The first-order valence-electron chi connectivity index (χ1n) is 4.70. The summed E-state index contributed by atoms with van der Waals surface area (Å²) in [5, 5.41) is 8.84. The van der Waals surface area contributed by atoms with E-state index < -0.39 is 5.97 Å². The molecule has 0 unspecified atom stereocenters. The van der Waals surface area contributed by atoms with Gasteiger partial charge in [0, 0.05) is 11.4 Å². The van der Waals surface area contributed by atoms with Gasteiger partial charge in [-0.3, -0.25) is 4.98 Å². The minimum absolute atomic E-state index is 0. The van der Waals surface area contributed by atoms with Crippen molar-refractivity contribution >= 4 is 18.4 Å². The number of pyridine rings is 1. The fraction of sp³-hybridized carbons (Fsp3) is 0.455. The zero-order chi connectivity index (χ0) is 10.7. The van der Waals surface area contributed by atoms with Gasteiger partial charge in [0.1, 0.15) is 0 Å². The zero-order valence-electron chi connectivity index (χ0n) is 9.15. The average Bonchev–Trinajstić information content (AvgIpc) is 2.01. The fourth-order valence-corrected chi connectivity index (χ4v) is 1.38. The van der Waals surface area contributed by atoms with Crippen LogP contribution in [0.1, 0.15) is 35.6 Å². The average molecular weight is 230 g/mol. The Labute approximate surface area is 95.9 Å². The lowest BCUT2D eigenvalue weighted by molar-refractivity contribution is 0.0696. The van der Waals surface area contributed by atoms with Crippen molar-refractivity contribution in [3.8, 4) is 0 Å². The summed E-state index contributed by atoms with van der Waals surface area (Å²) in [6.07, 6.45) is 0.821. The largest absolute Gasteiger partial charge is 0.478 e. The monoisotopic (exact) mass is 229 g/mol. The van der Waals surface area contributed by atoms with Crippen LogP contribution in [0.15, 0.2) is 12.1 Å². The minimum Gasteiger partial charge on any atom is -0.478 e. The van der Waals surface area contributed by atoms with E-state index in [1.807, 2.05) is 6.92 Å². The number of carboxylic acids is 1. The molecule has 0 bridgehead atoms. The highest BCUT2D eigenvalue weighted by Crippen LogP contribution is 2.10. The van der Waals surface area contributed by atoms with Crippen LogP contribution in [0.5, 0.6) is 0 Å². The lowest BCUT2D eigenvalue weighted by Gasteiger charge is -2.06. The molecule has 1 heterocycles. The van der Waals surface area contributed by atoms with E-state index in [4.69, 9.17) is 5.11 Å². The van der Waals surface area contributed by atoms with Crippen LogP contribution in [0, 0.1) is 12.8 Å². The molecule has 0 aromatic carbocycles. The Morgan fingerprint density at radius 1 is 1.47 bits per heavy atom. The quantitative estimate of drug-likeness (QED) is 0.867. The summed E-state index contributed by atoms with van der Waals surface area (Å²) in [5.74, 6) is -0.397. The molecule has 15 heavy (non-hydrogen) atoms. The first-order chi connectivity index (χ1) is 6.49. The maximum absolute atomic E-state index is 10.8. The summed E-state index contributed by atoms with van der Waals surface area (Å²) in [7, 11) is 0. The Bertz CT molecular complexity index is 350. The van der Waals surface area contributed by atoms with Crippen LogP contribution in [0.25, 0.3) is 0 Å². The van der Waals surface area contributed by atoms with Crippen molar-refractivity contribution in [1.82, 2.24) is 4.98 Å². The molecular formula is C11H16ClNO2. The van der Waals surface area contributed by atoms with Crippen molar-refractivity contribution in [2.45, 2.75) is 27.2 Å². The highest BCUT2D eigenvalue weighted by atomic mass is 35.5. The zero-order valence-corrected chi connectivity index (χ0v) is 9.97. The Hall–Kier alpha value is -1.09. The van der Waals surface area contributed by atoms with Gasteiger partial charge in [-0.25, -0.2) is 4.79 Å². The van der Waals surface area contributed by atoms with E-state index in [1.165, 1.54) is 0 Å². The molecule has 0 radical (unpaired) electrons. The summed E-state index contributed by atoms with van der Waals surface area (Å²) in [6, 6.07) is 3.24. The molecule has 0 amide bonds. The summed E-state index contributed by atoms with van der Waals surface area (Å²) in [4.78, 5) is 15.1. The number of aromatic carboxylic acids is 1. The van der Waals surface area contributed by atoms with Crippen LogP contribution >= 0.6 is 12.4 Å². The summed E-state index contributed by atoms with van der Waals surface area (Å²) >= 11 is 0. The predicted molar refractivity (Wildman–Crippen MR) is 61.7 cm³/mol. The Kier molecular flexibility index (Phi) is 5.29. The van der Waals surface area contributed by atoms with Crippen molar-refractivity contribution < 1.29 is 9.90 Å². The minimum atomic E-state index is -0.888. The summed E-state index contributed by atoms with van der Waals surface area (Å²) < 4.78 is 0. The topological polar surface area (TPSA) is 50.2 Å². The number of nitrogens with zero attached hydrogens (tertiary/aromatic N) is 1. The van der Waals surface area contributed by atoms with Crippen LogP contribution in [-0.2, 0) is 6.42 Å². The van der Waals surface area contributed by atoms with Crippen molar-refractivity contribution in [2.24, 2.45) is 5.92 Å². The normalized spacial score (nSPS) is 9.87. The number of aryl methyl sites for hydroxylation is 1. The molecule has 4 heteroatoms. The first kappa shape index (κ1) is 13.9. The smallest absolute Gasteiger partial charge is 0.335 e. The predicted octanol–water partition coefficient (Wildman–Crippen LogP) is 2.71. The van der Waals surface area contributed by atoms with Crippen LogP contribution in [0.4, 0.5) is 0 Å². The van der Waals surface area contributed by atoms with Crippen LogP contribution in [-0.4, -0.2) is 16.1 Å².